The minimum atomic E-state index is -0.778. The number of urea groups is 1. The van der Waals surface area contributed by atoms with Gasteiger partial charge in [-0.2, -0.15) is 0 Å². The summed E-state index contributed by atoms with van der Waals surface area (Å²) < 4.78 is 0. The number of hydrogen-bond donors (Lipinski definition) is 3. The Labute approximate surface area is 116 Å². The quantitative estimate of drug-likeness (QED) is 0.671. The van der Waals surface area contributed by atoms with E-state index in [-0.39, 0.29) is 12.5 Å². The fourth-order valence-corrected chi connectivity index (χ4v) is 2.26. The number of amides is 2. The highest BCUT2D eigenvalue weighted by Gasteiger charge is 2.06. The number of unbranched alkanes of at least 4 members (excludes halogenated alkanes) is 2. The predicted octanol–water partition coefficient (Wildman–Crippen LogP) is 2.53. The zero-order valence-corrected chi connectivity index (χ0v) is 12.0. The second-order valence-corrected chi connectivity index (χ2v) is 5.45. The third kappa shape index (κ3) is 6.19. The molecule has 0 radical (unpaired) electrons. The van der Waals surface area contributed by atoms with E-state index >= 15 is 0 Å². The Bertz CT molecular complexity index is 426. The number of anilines is 1. The van der Waals surface area contributed by atoms with Crippen molar-refractivity contribution >= 4 is 28.5 Å². The molecule has 0 fully saturated rings. The molecule has 1 rings (SSSR count). The summed E-state index contributed by atoms with van der Waals surface area (Å²) in [5.41, 5.74) is 0.925. The van der Waals surface area contributed by atoms with E-state index in [0.29, 0.717) is 18.1 Å². The molecule has 1 heterocycles. The van der Waals surface area contributed by atoms with Crippen LogP contribution in [0.3, 0.4) is 0 Å². The highest BCUT2D eigenvalue weighted by molar-refractivity contribution is 7.15. The Morgan fingerprint density at radius 2 is 2.00 bits per heavy atom. The molecular formula is C12H19N3O3S. The molecule has 1 aromatic rings. The first kappa shape index (κ1) is 15.4. The highest BCUT2D eigenvalue weighted by atomic mass is 32.1. The van der Waals surface area contributed by atoms with Gasteiger partial charge in [0.25, 0.3) is 0 Å². The van der Waals surface area contributed by atoms with Crippen molar-refractivity contribution in [1.82, 2.24) is 10.3 Å². The molecule has 0 saturated carbocycles. The molecule has 0 spiro atoms. The number of rotatable bonds is 7. The van der Waals surface area contributed by atoms with E-state index in [4.69, 9.17) is 5.11 Å². The Morgan fingerprint density at radius 1 is 1.26 bits per heavy atom. The molecule has 106 valence electrons. The van der Waals surface area contributed by atoms with Gasteiger partial charge in [-0.25, -0.2) is 9.78 Å². The highest BCUT2D eigenvalue weighted by Crippen LogP contribution is 2.20. The van der Waals surface area contributed by atoms with Crippen LogP contribution in [0.4, 0.5) is 9.93 Å². The number of carboxylic acid groups (broad SMARTS) is 1. The van der Waals surface area contributed by atoms with Gasteiger partial charge in [0, 0.05) is 17.8 Å². The summed E-state index contributed by atoms with van der Waals surface area (Å²) in [6.07, 6.45) is 2.39. The van der Waals surface area contributed by atoms with Crippen LogP contribution in [0.2, 0.25) is 0 Å². The van der Waals surface area contributed by atoms with Crippen molar-refractivity contribution in [3.05, 3.63) is 10.6 Å². The molecule has 7 heteroatoms. The van der Waals surface area contributed by atoms with Crippen LogP contribution in [0.15, 0.2) is 0 Å². The van der Waals surface area contributed by atoms with Crippen molar-refractivity contribution in [3.63, 3.8) is 0 Å². The van der Waals surface area contributed by atoms with Crippen molar-refractivity contribution in [3.8, 4) is 0 Å². The summed E-state index contributed by atoms with van der Waals surface area (Å²) in [5, 5.41) is 14.5. The van der Waals surface area contributed by atoms with Gasteiger partial charge in [-0.15, -0.1) is 11.3 Å². The normalized spacial score (nSPS) is 10.2. The van der Waals surface area contributed by atoms with Crippen molar-refractivity contribution in [2.45, 2.75) is 39.5 Å². The van der Waals surface area contributed by atoms with Gasteiger partial charge in [0.05, 0.1) is 5.69 Å². The van der Waals surface area contributed by atoms with Crippen molar-refractivity contribution in [2.24, 2.45) is 0 Å². The Morgan fingerprint density at radius 3 is 2.58 bits per heavy atom. The first-order chi connectivity index (χ1) is 8.99. The average Bonchev–Trinajstić information content (AvgIpc) is 2.62. The van der Waals surface area contributed by atoms with Crippen LogP contribution in [-0.4, -0.2) is 28.6 Å². The maximum absolute atomic E-state index is 11.5. The van der Waals surface area contributed by atoms with Gasteiger partial charge in [0.15, 0.2) is 5.13 Å². The van der Waals surface area contributed by atoms with Crippen molar-refractivity contribution in [2.75, 3.05) is 11.9 Å². The van der Waals surface area contributed by atoms with E-state index in [1.54, 1.807) is 0 Å². The molecule has 0 aliphatic heterocycles. The number of aromatic nitrogens is 1. The van der Waals surface area contributed by atoms with Gasteiger partial charge in [-0.05, 0) is 26.7 Å². The maximum Gasteiger partial charge on any atom is 0.321 e. The third-order valence-electron chi connectivity index (χ3n) is 2.60. The van der Waals surface area contributed by atoms with E-state index in [2.05, 4.69) is 15.6 Å². The van der Waals surface area contributed by atoms with E-state index in [0.717, 1.165) is 23.4 Å². The number of hydrogen-bond acceptors (Lipinski definition) is 4. The van der Waals surface area contributed by atoms with E-state index in [1.165, 1.54) is 11.3 Å². The van der Waals surface area contributed by atoms with Gasteiger partial charge < -0.3 is 10.4 Å². The summed E-state index contributed by atoms with van der Waals surface area (Å²) in [4.78, 5) is 27.1. The largest absolute Gasteiger partial charge is 0.481 e. The molecule has 6 nitrogen and oxygen atoms in total. The summed E-state index contributed by atoms with van der Waals surface area (Å²) in [5.74, 6) is -0.778. The molecule has 3 N–H and O–H groups in total. The van der Waals surface area contributed by atoms with Crippen LogP contribution >= 0.6 is 11.3 Å². The number of nitrogens with zero attached hydrogens (tertiary/aromatic N) is 1. The first-order valence-electron chi connectivity index (χ1n) is 6.19. The summed E-state index contributed by atoms with van der Waals surface area (Å²) in [7, 11) is 0. The number of carboxylic acids is 1. The van der Waals surface area contributed by atoms with E-state index < -0.39 is 5.97 Å². The van der Waals surface area contributed by atoms with Gasteiger partial charge in [0.1, 0.15) is 0 Å². The fourth-order valence-electron chi connectivity index (χ4n) is 1.45. The first-order valence-corrected chi connectivity index (χ1v) is 7.01. The molecular weight excluding hydrogens is 266 g/mol. The molecule has 0 unspecified atom stereocenters. The number of nitrogens with one attached hydrogen (secondary N) is 2. The number of aliphatic carboxylic acids is 1. The monoisotopic (exact) mass is 285 g/mol. The Hall–Kier alpha value is -1.63. The molecule has 0 saturated heterocycles. The van der Waals surface area contributed by atoms with Crippen LogP contribution in [0.5, 0.6) is 0 Å². The molecule has 0 aliphatic carbocycles. The number of carbonyl (C=O) groups excluding carboxylic acids is 1. The van der Waals surface area contributed by atoms with Crippen LogP contribution in [0.25, 0.3) is 0 Å². The number of thiazole rings is 1. The van der Waals surface area contributed by atoms with Gasteiger partial charge in [-0.3, -0.25) is 10.1 Å². The zero-order valence-electron chi connectivity index (χ0n) is 11.2. The van der Waals surface area contributed by atoms with Crippen LogP contribution in [0.1, 0.15) is 36.3 Å². The van der Waals surface area contributed by atoms with Crippen molar-refractivity contribution < 1.29 is 14.7 Å². The van der Waals surface area contributed by atoms with Crippen LogP contribution in [0, 0.1) is 13.8 Å². The molecule has 0 aromatic carbocycles. The lowest BCUT2D eigenvalue weighted by molar-refractivity contribution is -0.137. The molecule has 19 heavy (non-hydrogen) atoms. The molecule has 0 bridgehead atoms. The molecule has 0 atom stereocenters. The minimum absolute atomic E-state index is 0.184. The summed E-state index contributed by atoms with van der Waals surface area (Å²) in [6, 6.07) is -0.271. The fraction of sp³-hybridized carbons (Fsp3) is 0.583. The Kier molecular flexibility index (Phi) is 6.27. The van der Waals surface area contributed by atoms with Gasteiger partial charge in [-0.1, -0.05) is 6.42 Å². The predicted molar refractivity (Wildman–Crippen MR) is 74.7 cm³/mol. The SMILES string of the molecule is Cc1nc(NC(=O)NCCCCCC(=O)O)sc1C. The molecule has 1 aromatic heterocycles. The number of aryl methyl sites for hydroxylation is 2. The standard InChI is InChI=1S/C12H19N3O3S/c1-8-9(2)19-12(14-8)15-11(18)13-7-5-3-4-6-10(16)17/h3-7H2,1-2H3,(H,16,17)(H2,13,14,15,18). The average molecular weight is 285 g/mol. The Balaban J connectivity index is 2.13. The molecule has 2 amide bonds. The molecule has 0 aliphatic rings. The minimum Gasteiger partial charge on any atom is -0.481 e. The lowest BCUT2D eigenvalue weighted by atomic mass is 10.2. The smallest absolute Gasteiger partial charge is 0.321 e. The van der Waals surface area contributed by atoms with Crippen LogP contribution < -0.4 is 10.6 Å². The number of carbonyl (C=O) groups is 2. The van der Waals surface area contributed by atoms with Crippen LogP contribution in [-0.2, 0) is 4.79 Å². The van der Waals surface area contributed by atoms with Crippen molar-refractivity contribution in [1.29, 1.82) is 0 Å². The summed E-state index contributed by atoms with van der Waals surface area (Å²) >= 11 is 1.44. The topological polar surface area (TPSA) is 91.3 Å². The van der Waals surface area contributed by atoms with E-state index in [9.17, 15) is 9.59 Å². The third-order valence-corrected chi connectivity index (χ3v) is 3.59. The lowest BCUT2D eigenvalue weighted by Crippen LogP contribution is -2.29. The van der Waals surface area contributed by atoms with Gasteiger partial charge in [0.2, 0.25) is 0 Å². The second-order valence-electron chi connectivity index (χ2n) is 4.25. The zero-order chi connectivity index (χ0) is 14.3. The lowest BCUT2D eigenvalue weighted by Gasteiger charge is -2.04. The summed E-state index contributed by atoms with van der Waals surface area (Å²) in [6.45, 7) is 4.39. The maximum atomic E-state index is 11.5. The van der Waals surface area contributed by atoms with Gasteiger partial charge >= 0.3 is 12.0 Å². The second kappa shape index (κ2) is 7.73. The van der Waals surface area contributed by atoms with E-state index in [1.807, 2.05) is 13.8 Å².